The summed E-state index contributed by atoms with van der Waals surface area (Å²) in [5.74, 6) is 1.02. The normalized spacial score (nSPS) is 38.0. The maximum Gasteiger partial charge on any atom is 0.323 e. The summed E-state index contributed by atoms with van der Waals surface area (Å²) in [6.45, 7) is 0.939. The lowest BCUT2D eigenvalue weighted by Gasteiger charge is -2.33. The molecule has 0 aromatic heterocycles. The number of ether oxygens (including phenoxy) is 2. The molecular weight excluding hydrogens is 218 g/mol. The van der Waals surface area contributed by atoms with Crippen LogP contribution in [0.3, 0.4) is 0 Å². The Balaban J connectivity index is 1.91. The third-order valence-corrected chi connectivity index (χ3v) is 4.38. The predicted molar refractivity (Wildman–Crippen MR) is 64.7 cm³/mol. The Labute approximate surface area is 103 Å². The number of carbonyl (C=O) groups is 1. The first kappa shape index (κ1) is 12.8. The van der Waals surface area contributed by atoms with E-state index in [0.717, 1.165) is 25.8 Å². The molecule has 0 aromatic rings. The zero-order valence-electron chi connectivity index (χ0n) is 10.8. The number of esters is 1. The van der Waals surface area contributed by atoms with Crippen LogP contribution in [-0.4, -0.2) is 38.9 Å². The zero-order valence-corrected chi connectivity index (χ0v) is 10.8. The highest BCUT2D eigenvalue weighted by Gasteiger charge is 2.39. The number of carbonyl (C=O) groups excluding carboxylic acids is 1. The summed E-state index contributed by atoms with van der Waals surface area (Å²) in [5.41, 5.74) is 0. The summed E-state index contributed by atoms with van der Waals surface area (Å²) < 4.78 is 10.3. The van der Waals surface area contributed by atoms with Gasteiger partial charge in [0.25, 0.3) is 0 Å². The van der Waals surface area contributed by atoms with Crippen LogP contribution in [0.2, 0.25) is 0 Å². The maximum atomic E-state index is 11.7. The molecule has 0 spiro atoms. The Morgan fingerprint density at radius 2 is 1.82 bits per heavy atom. The van der Waals surface area contributed by atoms with Gasteiger partial charge >= 0.3 is 5.97 Å². The fraction of sp³-hybridized carbons (Fsp3) is 0.923. The van der Waals surface area contributed by atoms with Crippen molar-refractivity contribution in [3.05, 3.63) is 0 Å². The van der Waals surface area contributed by atoms with E-state index in [0.29, 0.717) is 17.9 Å². The number of nitrogens with one attached hydrogen (secondary N) is 1. The molecule has 0 amide bonds. The van der Waals surface area contributed by atoms with Gasteiger partial charge in [0.2, 0.25) is 0 Å². The molecule has 1 saturated carbocycles. The van der Waals surface area contributed by atoms with Crippen LogP contribution in [0.1, 0.15) is 32.1 Å². The van der Waals surface area contributed by atoms with Gasteiger partial charge in [0.05, 0.1) is 13.2 Å². The average Bonchev–Trinajstić information content (AvgIpc) is 2.87. The van der Waals surface area contributed by atoms with Crippen molar-refractivity contribution in [1.82, 2.24) is 5.32 Å². The van der Waals surface area contributed by atoms with E-state index in [1.807, 2.05) is 0 Å². The molecule has 17 heavy (non-hydrogen) atoms. The highest BCUT2D eigenvalue weighted by Crippen LogP contribution is 2.36. The van der Waals surface area contributed by atoms with Crippen molar-refractivity contribution in [2.45, 2.75) is 44.2 Å². The van der Waals surface area contributed by atoms with Crippen molar-refractivity contribution in [1.29, 1.82) is 0 Å². The molecule has 0 unspecified atom stereocenters. The minimum Gasteiger partial charge on any atom is -0.468 e. The number of hydrogen-bond acceptors (Lipinski definition) is 4. The lowest BCUT2D eigenvalue weighted by molar-refractivity contribution is -0.144. The van der Waals surface area contributed by atoms with E-state index in [2.05, 4.69) is 5.32 Å². The van der Waals surface area contributed by atoms with E-state index < -0.39 is 0 Å². The van der Waals surface area contributed by atoms with Crippen molar-refractivity contribution < 1.29 is 14.3 Å². The summed E-state index contributed by atoms with van der Waals surface area (Å²) in [5, 5.41) is 3.27. The van der Waals surface area contributed by atoms with E-state index in [4.69, 9.17) is 9.47 Å². The summed E-state index contributed by atoms with van der Waals surface area (Å²) >= 11 is 0. The highest BCUT2D eigenvalue weighted by molar-refractivity contribution is 5.76. The molecule has 1 heterocycles. The van der Waals surface area contributed by atoms with Gasteiger partial charge in [0.1, 0.15) is 6.04 Å². The van der Waals surface area contributed by atoms with Gasteiger partial charge in [-0.15, -0.1) is 0 Å². The summed E-state index contributed by atoms with van der Waals surface area (Å²) in [6.07, 6.45) is 6.15. The van der Waals surface area contributed by atoms with E-state index in [-0.39, 0.29) is 12.0 Å². The molecule has 2 rings (SSSR count). The molecule has 4 heteroatoms. The quantitative estimate of drug-likeness (QED) is 0.758. The standard InChI is InChI=1S/C13H23NO3/c1-16-10-5-3-9(4-6-10)11-7-8-14-12(11)13(15)17-2/h9-12,14H,3-8H2,1-2H3/t9?,10?,11-,12-/m0/s1. The van der Waals surface area contributed by atoms with E-state index in [9.17, 15) is 4.79 Å². The second kappa shape index (κ2) is 5.83. The lowest BCUT2D eigenvalue weighted by atomic mass is 9.76. The molecule has 2 aliphatic rings. The van der Waals surface area contributed by atoms with Gasteiger partial charge in [-0.25, -0.2) is 0 Å². The molecule has 1 N–H and O–H groups in total. The first-order chi connectivity index (χ1) is 8.26. The van der Waals surface area contributed by atoms with Crippen molar-refractivity contribution >= 4 is 5.97 Å². The van der Waals surface area contributed by atoms with Gasteiger partial charge in [0, 0.05) is 7.11 Å². The largest absolute Gasteiger partial charge is 0.468 e. The third-order valence-electron chi connectivity index (χ3n) is 4.38. The number of hydrogen-bond donors (Lipinski definition) is 1. The summed E-state index contributed by atoms with van der Waals surface area (Å²) in [7, 11) is 3.26. The SMILES string of the molecule is COC(=O)[C@H]1NCC[C@H]1C1CCC(OC)CC1. The second-order valence-electron chi connectivity index (χ2n) is 5.18. The lowest BCUT2D eigenvalue weighted by Crippen LogP contribution is -2.40. The predicted octanol–water partition coefficient (Wildman–Crippen LogP) is 1.34. The van der Waals surface area contributed by atoms with Gasteiger partial charge in [-0.3, -0.25) is 4.79 Å². The van der Waals surface area contributed by atoms with Crippen LogP contribution in [0.4, 0.5) is 0 Å². The summed E-state index contributed by atoms with van der Waals surface area (Å²) in [4.78, 5) is 11.7. The Bertz CT molecular complexity index is 261. The number of rotatable bonds is 3. The van der Waals surface area contributed by atoms with Gasteiger partial charge in [-0.1, -0.05) is 0 Å². The minimum atomic E-state index is -0.0960. The van der Waals surface area contributed by atoms with Crippen LogP contribution in [0.15, 0.2) is 0 Å². The Hall–Kier alpha value is -0.610. The molecule has 4 nitrogen and oxygen atoms in total. The first-order valence-corrected chi connectivity index (χ1v) is 6.60. The Morgan fingerprint density at radius 3 is 2.41 bits per heavy atom. The van der Waals surface area contributed by atoms with Crippen LogP contribution < -0.4 is 5.32 Å². The Kier molecular flexibility index (Phi) is 4.40. The minimum absolute atomic E-state index is 0.0795. The van der Waals surface area contributed by atoms with Crippen LogP contribution in [0.5, 0.6) is 0 Å². The van der Waals surface area contributed by atoms with Crippen LogP contribution >= 0.6 is 0 Å². The molecule has 1 aliphatic carbocycles. The van der Waals surface area contributed by atoms with Gasteiger partial charge in [-0.05, 0) is 50.5 Å². The second-order valence-corrected chi connectivity index (χ2v) is 5.18. The fourth-order valence-corrected chi connectivity index (χ4v) is 3.37. The molecule has 0 radical (unpaired) electrons. The van der Waals surface area contributed by atoms with Crippen LogP contribution in [0, 0.1) is 11.8 Å². The fourth-order valence-electron chi connectivity index (χ4n) is 3.37. The van der Waals surface area contributed by atoms with E-state index >= 15 is 0 Å². The molecule has 1 aliphatic heterocycles. The van der Waals surface area contributed by atoms with Crippen molar-refractivity contribution in [2.24, 2.45) is 11.8 Å². The van der Waals surface area contributed by atoms with E-state index in [1.165, 1.54) is 20.0 Å². The van der Waals surface area contributed by atoms with Crippen molar-refractivity contribution in [2.75, 3.05) is 20.8 Å². The molecule has 2 fully saturated rings. The molecule has 0 bridgehead atoms. The van der Waals surface area contributed by atoms with Crippen molar-refractivity contribution in [3.63, 3.8) is 0 Å². The summed E-state index contributed by atoms with van der Waals surface area (Å²) in [6, 6.07) is -0.0795. The Morgan fingerprint density at radius 1 is 1.12 bits per heavy atom. The maximum absolute atomic E-state index is 11.7. The average molecular weight is 241 g/mol. The topological polar surface area (TPSA) is 47.6 Å². The third kappa shape index (κ3) is 2.80. The first-order valence-electron chi connectivity index (χ1n) is 6.60. The molecule has 0 aromatic carbocycles. The van der Waals surface area contributed by atoms with E-state index in [1.54, 1.807) is 7.11 Å². The van der Waals surface area contributed by atoms with Crippen molar-refractivity contribution in [3.8, 4) is 0 Å². The van der Waals surface area contributed by atoms with Crippen LogP contribution in [0.25, 0.3) is 0 Å². The van der Waals surface area contributed by atoms with Crippen LogP contribution in [-0.2, 0) is 14.3 Å². The highest BCUT2D eigenvalue weighted by atomic mass is 16.5. The molecular formula is C13H23NO3. The molecule has 1 saturated heterocycles. The smallest absolute Gasteiger partial charge is 0.323 e. The van der Waals surface area contributed by atoms with Gasteiger partial charge in [0.15, 0.2) is 0 Å². The molecule has 98 valence electrons. The number of methoxy groups -OCH3 is 2. The zero-order chi connectivity index (χ0) is 12.3. The monoisotopic (exact) mass is 241 g/mol. The van der Waals surface area contributed by atoms with Gasteiger partial charge in [-0.2, -0.15) is 0 Å². The van der Waals surface area contributed by atoms with Gasteiger partial charge < -0.3 is 14.8 Å². The molecule has 2 atom stereocenters.